The normalized spacial score (nSPS) is 15.9. The van der Waals surface area contributed by atoms with Crippen molar-refractivity contribution in [3.63, 3.8) is 0 Å². The molecule has 0 aliphatic heterocycles. The number of nitrogens with one attached hydrogen (secondary N) is 1. The van der Waals surface area contributed by atoms with Crippen LogP contribution in [0.15, 0.2) is 29.2 Å². The van der Waals surface area contributed by atoms with Gasteiger partial charge in [0.2, 0.25) is 15.9 Å². The van der Waals surface area contributed by atoms with Gasteiger partial charge in [-0.25, -0.2) is 12.7 Å². The fourth-order valence-electron chi connectivity index (χ4n) is 2.10. The molecule has 0 radical (unpaired) electrons. The molecule has 1 fully saturated rings. The van der Waals surface area contributed by atoms with Gasteiger partial charge in [0.1, 0.15) is 0 Å². The average Bonchev–Trinajstić information content (AvgIpc) is 2.34. The van der Waals surface area contributed by atoms with Crippen molar-refractivity contribution in [2.45, 2.75) is 30.7 Å². The monoisotopic (exact) mass is 296 g/mol. The Morgan fingerprint density at radius 1 is 1.30 bits per heavy atom. The summed E-state index contributed by atoms with van der Waals surface area (Å²) in [5.41, 5.74) is 0.619. The van der Waals surface area contributed by atoms with E-state index in [0.29, 0.717) is 5.56 Å². The predicted molar refractivity (Wildman–Crippen MR) is 76.5 cm³/mol. The molecular formula is C14H20N2O3S. The molecule has 1 aliphatic carbocycles. The highest BCUT2D eigenvalue weighted by Gasteiger charge is 2.26. The summed E-state index contributed by atoms with van der Waals surface area (Å²) in [4.78, 5) is 12.1. The third-order valence-corrected chi connectivity index (χ3v) is 5.58. The molecule has 1 aliphatic rings. The van der Waals surface area contributed by atoms with E-state index in [9.17, 15) is 13.2 Å². The summed E-state index contributed by atoms with van der Waals surface area (Å²) in [6.07, 6.45) is 2.97. The molecule has 1 amide bonds. The average molecular weight is 296 g/mol. The van der Waals surface area contributed by atoms with Gasteiger partial charge >= 0.3 is 0 Å². The Labute approximate surface area is 120 Å². The molecule has 0 atom stereocenters. The molecule has 1 saturated carbocycles. The summed E-state index contributed by atoms with van der Waals surface area (Å²) in [7, 11) is -0.487. The number of hydrogen-bond donors (Lipinski definition) is 1. The molecule has 1 aromatic rings. The second-order valence-corrected chi connectivity index (χ2v) is 7.36. The Balaban J connectivity index is 2.14. The van der Waals surface area contributed by atoms with Crippen molar-refractivity contribution in [1.82, 2.24) is 9.62 Å². The van der Waals surface area contributed by atoms with Gasteiger partial charge in [0.15, 0.2) is 0 Å². The fourth-order valence-corrected chi connectivity index (χ4v) is 3.21. The molecule has 0 aromatic heterocycles. The third kappa shape index (κ3) is 3.02. The first-order valence-corrected chi connectivity index (χ1v) is 8.15. The maximum Gasteiger partial charge on any atom is 0.242 e. The van der Waals surface area contributed by atoms with E-state index in [1.807, 2.05) is 0 Å². The summed E-state index contributed by atoms with van der Waals surface area (Å²) < 4.78 is 25.6. The molecular weight excluding hydrogens is 276 g/mol. The molecule has 5 nitrogen and oxygen atoms in total. The summed E-state index contributed by atoms with van der Waals surface area (Å²) in [5, 5.41) is 2.83. The number of benzene rings is 1. The van der Waals surface area contributed by atoms with Crippen molar-refractivity contribution < 1.29 is 13.2 Å². The molecule has 0 unspecified atom stereocenters. The van der Waals surface area contributed by atoms with Crippen molar-refractivity contribution in [2.75, 3.05) is 14.1 Å². The highest BCUT2D eigenvalue weighted by molar-refractivity contribution is 7.89. The van der Waals surface area contributed by atoms with Crippen molar-refractivity contribution >= 4 is 15.9 Å². The van der Waals surface area contributed by atoms with Crippen LogP contribution in [0.5, 0.6) is 0 Å². The number of rotatable bonds is 5. The van der Waals surface area contributed by atoms with Crippen LogP contribution in [0.2, 0.25) is 0 Å². The zero-order valence-electron chi connectivity index (χ0n) is 11.8. The van der Waals surface area contributed by atoms with Crippen LogP contribution in [-0.4, -0.2) is 32.7 Å². The third-order valence-electron chi connectivity index (χ3n) is 3.66. The van der Waals surface area contributed by atoms with Crippen LogP contribution in [0.25, 0.3) is 0 Å². The van der Waals surface area contributed by atoms with Crippen LogP contribution in [-0.2, 0) is 21.4 Å². The van der Waals surface area contributed by atoms with E-state index in [4.69, 9.17) is 0 Å². The van der Waals surface area contributed by atoms with E-state index in [1.165, 1.54) is 18.4 Å². The Morgan fingerprint density at radius 3 is 2.50 bits per heavy atom. The van der Waals surface area contributed by atoms with Crippen LogP contribution < -0.4 is 5.32 Å². The SMILES string of the molecule is CN(C)S(=O)(=O)c1ccccc1CNC(=O)C1CCC1. The highest BCUT2D eigenvalue weighted by atomic mass is 32.2. The van der Waals surface area contributed by atoms with Crippen molar-refractivity contribution in [2.24, 2.45) is 5.92 Å². The summed E-state index contributed by atoms with van der Waals surface area (Å²) in [6, 6.07) is 6.77. The summed E-state index contributed by atoms with van der Waals surface area (Å²) >= 11 is 0. The lowest BCUT2D eigenvalue weighted by atomic mass is 9.85. The van der Waals surface area contributed by atoms with Crippen molar-refractivity contribution in [1.29, 1.82) is 0 Å². The first-order chi connectivity index (χ1) is 9.43. The number of carbonyl (C=O) groups excluding carboxylic acids is 1. The Bertz CT molecular complexity index is 592. The van der Waals surface area contributed by atoms with Crippen LogP contribution in [0, 0.1) is 5.92 Å². The maximum atomic E-state index is 12.2. The van der Waals surface area contributed by atoms with Crippen molar-refractivity contribution in [3.05, 3.63) is 29.8 Å². The smallest absolute Gasteiger partial charge is 0.242 e. The molecule has 0 bridgehead atoms. The molecule has 0 heterocycles. The van der Waals surface area contributed by atoms with E-state index < -0.39 is 10.0 Å². The minimum Gasteiger partial charge on any atom is -0.352 e. The van der Waals surface area contributed by atoms with Crippen LogP contribution in [0.1, 0.15) is 24.8 Å². The van der Waals surface area contributed by atoms with Gasteiger partial charge in [-0.2, -0.15) is 0 Å². The van der Waals surface area contributed by atoms with Gasteiger partial charge in [-0.1, -0.05) is 24.6 Å². The van der Waals surface area contributed by atoms with Crippen LogP contribution >= 0.6 is 0 Å². The minimum atomic E-state index is -3.49. The lowest BCUT2D eigenvalue weighted by molar-refractivity contribution is -0.127. The minimum absolute atomic E-state index is 0.0216. The van der Waals surface area contributed by atoms with Gasteiger partial charge in [-0.15, -0.1) is 0 Å². The number of sulfonamides is 1. The van der Waals surface area contributed by atoms with Gasteiger partial charge in [-0.3, -0.25) is 4.79 Å². The topological polar surface area (TPSA) is 66.5 Å². The molecule has 20 heavy (non-hydrogen) atoms. The number of amides is 1. The molecule has 1 aromatic carbocycles. The lowest BCUT2D eigenvalue weighted by Gasteiger charge is -2.24. The Morgan fingerprint density at radius 2 is 1.95 bits per heavy atom. The Kier molecular flexibility index (Phi) is 4.45. The molecule has 110 valence electrons. The number of hydrogen-bond acceptors (Lipinski definition) is 3. The van der Waals surface area contributed by atoms with Gasteiger partial charge in [0, 0.05) is 26.6 Å². The van der Waals surface area contributed by atoms with E-state index in [2.05, 4.69) is 5.32 Å². The molecule has 2 rings (SSSR count). The molecule has 6 heteroatoms. The van der Waals surface area contributed by atoms with Crippen LogP contribution in [0.3, 0.4) is 0 Å². The van der Waals surface area contributed by atoms with Gasteiger partial charge in [0.25, 0.3) is 0 Å². The molecule has 0 spiro atoms. The fraction of sp³-hybridized carbons (Fsp3) is 0.500. The van der Waals surface area contributed by atoms with Gasteiger partial charge in [0.05, 0.1) is 4.90 Å². The molecule has 1 N–H and O–H groups in total. The maximum absolute atomic E-state index is 12.2. The second kappa shape index (κ2) is 5.93. The van der Waals surface area contributed by atoms with Crippen molar-refractivity contribution in [3.8, 4) is 0 Å². The summed E-state index contributed by atoms with van der Waals surface area (Å²) in [5.74, 6) is 0.126. The standard InChI is InChI=1S/C14H20N2O3S/c1-16(2)20(18,19)13-9-4-3-6-12(13)10-15-14(17)11-7-5-8-11/h3-4,6,9,11H,5,7-8,10H2,1-2H3,(H,15,17). The zero-order valence-corrected chi connectivity index (χ0v) is 12.6. The van der Waals surface area contributed by atoms with Gasteiger partial charge < -0.3 is 5.32 Å². The largest absolute Gasteiger partial charge is 0.352 e. The van der Waals surface area contributed by atoms with E-state index in [-0.39, 0.29) is 23.3 Å². The zero-order chi connectivity index (χ0) is 14.8. The lowest BCUT2D eigenvalue weighted by Crippen LogP contribution is -2.34. The van der Waals surface area contributed by atoms with E-state index in [0.717, 1.165) is 19.3 Å². The first kappa shape index (κ1) is 15.0. The highest BCUT2D eigenvalue weighted by Crippen LogP contribution is 2.26. The number of nitrogens with zero attached hydrogens (tertiary/aromatic N) is 1. The van der Waals surface area contributed by atoms with E-state index >= 15 is 0 Å². The van der Waals surface area contributed by atoms with Crippen LogP contribution in [0.4, 0.5) is 0 Å². The Hall–Kier alpha value is -1.40. The molecule has 0 saturated heterocycles. The quantitative estimate of drug-likeness (QED) is 0.892. The second-order valence-electron chi connectivity index (χ2n) is 5.24. The van der Waals surface area contributed by atoms with E-state index in [1.54, 1.807) is 24.3 Å². The first-order valence-electron chi connectivity index (χ1n) is 6.71. The van der Waals surface area contributed by atoms with Gasteiger partial charge in [-0.05, 0) is 24.5 Å². The number of carbonyl (C=O) groups is 1. The predicted octanol–water partition coefficient (Wildman–Crippen LogP) is 1.35. The summed E-state index contributed by atoms with van der Waals surface area (Å²) in [6.45, 7) is 0.249.